The summed E-state index contributed by atoms with van der Waals surface area (Å²) in [4.78, 5) is 1.97. The van der Waals surface area contributed by atoms with Crippen LogP contribution in [0.25, 0.3) is 0 Å². The zero-order valence-corrected chi connectivity index (χ0v) is 9.57. The third kappa shape index (κ3) is 2.76. The average Bonchev–Trinajstić information content (AvgIpc) is 2.19. The van der Waals surface area contributed by atoms with E-state index in [9.17, 15) is 5.11 Å². The van der Waals surface area contributed by atoms with E-state index >= 15 is 0 Å². The number of hydrogen-bond acceptors (Lipinski definition) is 4. The van der Waals surface area contributed by atoms with E-state index in [4.69, 9.17) is 9.47 Å². The molecule has 0 aliphatic rings. The van der Waals surface area contributed by atoms with Gasteiger partial charge in [0.05, 0.1) is 14.2 Å². The number of ether oxygens (including phenoxy) is 2. The number of aromatic hydroxyl groups is 1. The second kappa shape index (κ2) is 4.89. The standard InChI is InChI=1S/C11H17NO3/c1-12(2)7-8-5-10(14-3)11(15-4)6-9(8)13/h5-6,13H,7H2,1-4H3. The molecule has 0 bridgehead atoms. The highest BCUT2D eigenvalue weighted by Gasteiger charge is 2.10. The van der Waals surface area contributed by atoms with E-state index in [0.29, 0.717) is 18.0 Å². The molecule has 15 heavy (non-hydrogen) atoms. The average molecular weight is 211 g/mol. The normalized spacial score (nSPS) is 10.5. The summed E-state index contributed by atoms with van der Waals surface area (Å²) < 4.78 is 10.2. The Morgan fingerprint density at radius 3 is 2.13 bits per heavy atom. The molecule has 1 rings (SSSR count). The minimum atomic E-state index is 0.223. The molecular weight excluding hydrogens is 194 g/mol. The Hall–Kier alpha value is -1.42. The van der Waals surface area contributed by atoms with Crippen LogP contribution >= 0.6 is 0 Å². The molecular formula is C11H17NO3. The molecule has 0 saturated carbocycles. The van der Waals surface area contributed by atoms with E-state index in [0.717, 1.165) is 5.56 Å². The zero-order chi connectivity index (χ0) is 11.4. The lowest BCUT2D eigenvalue weighted by Crippen LogP contribution is -2.11. The van der Waals surface area contributed by atoms with Crippen molar-refractivity contribution in [1.82, 2.24) is 4.90 Å². The van der Waals surface area contributed by atoms with Crippen LogP contribution < -0.4 is 9.47 Å². The van der Waals surface area contributed by atoms with Gasteiger partial charge in [0.2, 0.25) is 0 Å². The van der Waals surface area contributed by atoms with Crippen LogP contribution in [0.2, 0.25) is 0 Å². The van der Waals surface area contributed by atoms with Gasteiger partial charge in [0.1, 0.15) is 5.75 Å². The molecule has 0 aliphatic carbocycles. The van der Waals surface area contributed by atoms with Gasteiger partial charge in [0.15, 0.2) is 11.5 Å². The zero-order valence-electron chi connectivity index (χ0n) is 9.57. The molecule has 1 aromatic rings. The quantitative estimate of drug-likeness (QED) is 0.819. The fourth-order valence-corrected chi connectivity index (χ4v) is 1.38. The van der Waals surface area contributed by atoms with E-state index < -0.39 is 0 Å². The molecule has 84 valence electrons. The molecule has 0 amide bonds. The van der Waals surface area contributed by atoms with Gasteiger partial charge in [0.25, 0.3) is 0 Å². The van der Waals surface area contributed by atoms with E-state index in [2.05, 4.69) is 0 Å². The molecule has 0 atom stereocenters. The Kier molecular flexibility index (Phi) is 3.80. The van der Waals surface area contributed by atoms with Crippen molar-refractivity contribution in [3.63, 3.8) is 0 Å². The monoisotopic (exact) mass is 211 g/mol. The molecule has 0 fully saturated rings. The highest BCUT2D eigenvalue weighted by atomic mass is 16.5. The van der Waals surface area contributed by atoms with E-state index in [1.54, 1.807) is 26.4 Å². The summed E-state index contributed by atoms with van der Waals surface area (Å²) in [6, 6.07) is 3.35. The largest absolute Gasteiger partial charge is 0.507 e. The van der Waals surface area contributed by atoms with Gasteiger partial charge in [0, 0.05) is 18.2 Å². The second-order valence-corrected chi connectivity index (χ2v) is 3.57. The maximum atomic E-state index is 9.73. The number of phenolic OH excluding ortho intramolecular Hbond substituents is 1. The molecule has 1 aromatic carbocycles. The van der Waals surface area contributed by atoms with Crippen molar-refractivity contribution < 1.29 is 14.6 Å². The van der Waals surface area contributed by atoms with Crippen molar-refractivity contribution in [2.75, 3.05) is 28.3 Å². The van der Waals surface area contributed by atoms with Crippen LogP contribution in [-0.4, -0.2) is 38.3 Å². The predicted molar refractivity (Wildman–Crippen MR) is 58.6 cm³/mol. The first kappa shape index (κ1) is 11.7. The smallest absolute Gasteiger partial charge is 0.164 e. The molecule has 1 N–H and O–H groups in total. The van der Waals surface area contributed by atoms with Crippen molar-refractivity contribution in [2.45, 2.75) is 6.54 Å². The van der Waals surface area contributed by atoms with Gasteiger partial charge in [-0.1, -0.05) is 0 Å². The Morgan fingerprint density at radius 1 is 1.13 bits per heavy atom. The summed E-state index contributed by atoms with van der Waals surface area (Å²) >= 11 is 0. The first-order chi connectivity index (χ1) is 7.08. The molecule has 0 spiro atoms. The summed E-state index contributed by atoms with van der Waals surface area (Å²) in [5, 5.41) is 9.73. The summed E-state index contributed by atoms with van der Waals surface area (Å²) in [6.07, 6.45) is 0. The SMILES string of the molecule is COc1cc(O)c(CN(C)C)cc1OC. The number of rotatable bonds is 4. The number of phenols is 1. The van der Waals surface area contributed by atoms with Crippen LogP contribution in [0.5, 0.6) is 17.2 Å². The van der Waals surface area contributed by atoms with Crippen molar-refractivity contribution in [3.8, 4) is 17.2 Å². The third-order valence-electron chi connectivity index (χ3n) is 2.07. The lowest BCUT2D eigenvalue weighted by molar-refractivity contribution is 0.345. The van der Waals surface area contributed by atoms with Gasteiger partial charge < -0.3 is 19.5 Å². The van der Waals surface area contributed by atoms with Gasteiger partial charge in [-0.15, -0.1) is 0 Å². The Labute approximate surface area is 90.0 Å². The summed E-state index contributed by atoms with van der Waals surface area (Å²) in [5.41, 5.74) is 0.817. The molecule has 0 radical (unpaired) electrons. The molecule has 4 heteroatoms. The molecule has 0 unspecified atom stereocenters. The molecule has 0 aliphatic heterocycles. The maximum Gasteiger partial charge on any atom is 0.164 e. The van der Waals surface area contributed by atoms with Crippen LogP contribution in [0.3, 0.4) is 0 Å². The number of nitrogens with zero attached hydrogens (tertiary/aromatic N) is 1. The fourth-order valence-electron chi connectivity index (χ4n) is 1.38. The Bertz CT molecular complexity index is 337. The van der Waals surface area contributed by atoms with Crippen molar-refractivity contribution in [1.29, 1.82) is 0 Å². The summed E-state index contributed by atoms with van der Waals surface area (Å²) in [7, 11) is 7.00. The minimum absolute atomic E-state index is 0.223. The highest BCUT2D eigenvalue weighted by Crippen LogP contribution is 2.34. The number of hydrogen-bond donors (Lipinski definition) is 1. The first-order valence-corrected chi connectivity index (χ1v) is 4.67. The van der Waals surface area contributed by atoms with Crippen molar-refractivity contribution in [3.05, 3.63) is 17.7 Å². The number of methoxy groups -OCH3 is 2. The van der Waals surface area contributed by atoms with Crippen LogP contribution in [-0.2, 0) is 6.54 Å². The molecule has 4 nitrogen and oxygen atoms in total. The van der Waals surface area contributed by atoms with Gasteiger partial charge in [-0.25, -0.2) is 0 Å². The molecule has 0 heterocycles. The van der Waals surface area contributed by atoms with E-state index in [1.807, 2.05) is 19.0 Å². The van der Waals surface area contributed by atoms with E-state index in [1.165, 1.54) is 0 Å². The lowest BCUT2D eigenvalue weighted by Gasteiger charge is -2.14. The minimum Gasteiger partial charge on any atom is -0.507 e. The van der Waals surface area contributed by atoms with E-state index in [-0.39, 0.29) is 5.75 Å². The van der Waals surface area contributed by atoms with Gasteiger partial charge in [-0.05, 0) is 20.2 Å². The van der Waals surface area contributed by atoms with Crippen LogP contribution in [0.4, 0.5) is 0 Å². The first-order valence-electron chi connectivity index (χ1n) is 4.67. The van der Waals surface area contributed by atoms with Crippen LogP contribution in [0, 0.1) is 0 Å². The van der Waals surface area contributed by atoms with Crippen molar-refractivity contribution >= 4 is 0 Å². The fraction of sp³-hybridized carbons (Fsp3) is 0.455. The van der Waals surface area contributed by atoms with Gasteiger partial charge in [-0.3, -0.25) is 0 Å². The van der Waals surface area contributed by atoms with Gasteiger partial charge >= 0.3 is 0 Å². The number of benzene rings is 1. The Balaban J connectivity index is 3.08. The predicted octanol–water partition coefficient (Wildman–Crippen LogP) is 1.47. The second-order valence-electron chi connectivity index (χ2n) is 3.57. The summed E-state index contributed by atoms with van der Waals surface area (Å²) in [6.45, 7) is 0.659. The summed E-state index contributed by atoms with van der Waals surface area (Å²) in [5.74, 6) is 1.39. The third-order valence-corrected chi connectivity index (χ3v) is 2.07. The van der Waals surface area contributed by atoms with Crippen LogP contribution in [0.15, 0.2) is 12.1 Å². The topological polar surface area (TPSA) is 41.9 Å². The Morgan fingerprint density at radius 2 is 1.67 bits per heavy atom. The van der Waals surface area contributed by atoms with Crippen molar-refractivity contribution in [2.24, 2.45) is 0 Å². The van der Waals surface area contributed by atoms with Gasteiger partial charge in [-0.2, -0.15) is 0 Å². The lowest BCUT2D eigenvalue weighted by atomic mass is 10.1. The highest BCUT2D eigenvalue weighted by molar-refractivity contribution is 5.50. The molecule has 0 aromatic heterocycles. The maximum absolute atomic E-state index is 9.73. The van der Waals surface area contributed by atoms with Crippen LogP contribution in [0.1, 0.15) is 5.56 Å². The molecule has 0 saturated heterocycles.